The number of aromatic amines is 1. The zero-order chi connectivity index (χ0) is 26.1. The largest absolute Gasteiger partial charge is 0.361 e. The van der Waals surface area contributed by atoms with Gasteiger partial charge in [-0.1, -0.05) is 55.5 Å². The lowest BCUT2D eigenvalue weighted by Crippen LogP contribution is -2.40. The number of hydrogen-bond donors (Lipinski definition) is 1. The fourth-order valence-corrected chi connectivity index (χ4v) is 4.57. The first-order valence-corrected chi connectivity index (χ1v) is 12.1. The van der Waals surface area contributed by atoms with Crippen LogP contribution in [0.3, 0.4) is 0 Å². The number of imidazole rings is 1. The quantitative estimate of drug-likeness (QED) is 0.347. The van der Waals surface area contributed by atoms with Crippen molar-refractivity contribution in [3.05, 3.63) is 80.8 Å². The minimum absolute atomic E-state index is 0.345. The molecule has 11 nitrogen and oxygen atoms in total. The molecule has 11 heteroatoms. The van der Waals surface area contributed by atoms with Crippen molar-refractivity contribution in [1.82, 2.24) is 39.3 Å². The Morgan fingerprint density at radius 1 is 1.05 bits per heavy atom. The number of aromatic nitrogens is 8. The van der Waals surface area contributed by atoms with Gasteiger partial charge >= 0.3 is 5.69 Å². The van der Waals surface area contributed by atoms with Gasteiger partial charge in [0.25, 0.3) is 5.56 Å². The van der Waals surface area contributed by atoms with Gasteiger partial charge in [0.05, 0.1) is 0 Å². The summed E-state index contributed by atoms with van der Waals surface area (Å²) < 4.78 is 9.89. The van der Waals surface area contributed by atoms with Gasteiger partial charge in [0.2, 0.25) is 0 Å². The minimum Gasteiger partial charge on any atom is -0.361 e. The van der Waals surface area contributed by atoms with Gasteiger partial charge in [-0.05, 0) is 40.5 Å². The van der Waals surface area contributed by atoms with Crippen molar-refractivity contribution in [3.63, 3.8) is 0 Å². The summed E-state index contributed by atoms with van der Waals surface area (Å²) in [5.41, 5.74) is 3.82. The van der Waals surface area contributed by atoms with Crippen LogP contribution < -0.4 is 11.2 Å². The van der Waals surface area contributed by atoms with Gasteiger partial charge in [-0.25, -0.2) is 19.4 Å². The number of aryl methyl sites for hydroxylation is 1. The van der Waals surface area contributed by atoms with Crippen molar-refractivity contribution >= 4 is 11.2 Å². The molecule has 1 N–H and O–H groups in total. The molecule has 0 aliphatic carbocycles. The molecule has 0 bridgehead atoms. The van der Waals surface area contributed by atoms with Crippen LogP contribution in [0.15, 0.2) is 58.1 Å². The average Bonchev–Trinajstić information content (AvgIpc) is 3.57. The van der Waals surface area contributed by atoms with Crippen molar-refractivity contribution in [2.24, 2.45) is 7.05 Å². The first kappa shape index (κ1) is 24.3. The standard InChI is InChI=1S/C26H28N8O3/c1-5-8-21-27-24-22(25(35)32(3)26(36)34(24)16(2)37-4)33(21)15-17-11-13-18(14-12-17)19-9-6-7-10-20(19)23-28-30-31-29-23/h6-7,9-14,16H,5,8,15H2,1-4H3,(H,28,29,30,31). The van der Waals surface area contributed by atoms with Crippen LogP contribution in [0.4, 0.5) is 0 Å². The van der Waals surface area contributed by atoms with Crippen LogP contribution in [-0.4, -0.2) is 46.4 Å². The van der Waals surface area contributed by atoms with Crippen LogP contribution in [-0.2, 0) is 24.8 Å². The predicted molar refractivity (Wildman–Crippen MR) is 139 cm³/mol. The molecule has 37 heavy (non-hydrogen) atoms. The molecule has 2 aromatic carbocycles. The number of benzene rings is 2. The molecule has 0 fully saturated rings. The van der Waals surface area contributed by atoms with E-state index in [0.717, 1.165) is 39.1 Å². The Labute approximate surface area is 212 Å². The van der Waals surface area contributed by atoms with Gasteiger partial charge in [-0.3, -0.25) is 9.36 Å². The highest BCUT2D eigenvalue weighted by atomic mass is 16.5. The first-order valence-electron chi connectivity index (χ1n) is 12.1. The summed E-state index contributed by atoms with van der Waals surface area (Å²) in [5, 5.41) is 14.3. The van der Waals surface area contributed by atoms with E-state index in [9.17, 15) is 9.59 Å². The Balaban J connectivity index is 1.59. The van der Waals surface area contributed by atoms with Gasteiger partial charge in [0, 0.05) is 32.7 Å². The molecule has 5 rings (SSSR count). The number of ether oxygens (including phenoxy) is 1. The molecule has 0 saturated heterocycles. The summed E-state index contributed by atoms with van der Waals surface area (Å²) in [4.78, 5) is 30.9. The van der Waals surface area contributed by atoms with E-state index in [1.165, 1.54) is 18.7 Å². The maximum atomic E-state index is 13.3. The molecule has 1 atom stereocenters. The molecule has 3 heterocycles. The molecule has 5 aromatic rings. The summed E-state index contributed by atoms with van der Waals surface area (Å²) >= 11 is 0. The van der Waals surface area contributed by atoms with Crippen molar-refractivity contribution < 1.29 is 4.74 Å². The Bertz CT molecular complexity index is 1660. The minimum atomic E-state index is -0.571. The third kappa shape index (κ3) is 4.27. The van der Waals surface area contributed by atoms with E-state index < -0.39 is 11.9 Å². The Kier molecular flexibility index (Phi) is 6.53. The maximum Gasteiger partial charge on any atom is 0.334 e. The predicted octanol–water partition coefficient (Wildman–Crippen LogP) is 2.91. The Morgan fingerprint density at radius 2 is 1.78 bits per heavy atom. The number of tetrazole rings is 1. The fourth-order valence-electron chi connectivity index (χ4n) is 4.57. The number of nitrogens with zero attached hydrogens (tertiary/aromatic N) is 7. The van der Waals surface area contributed by atoms with Crippen molar-refractivity contribution in [3.8, 4) is 22.5 Å². The van der Waals surface area contributed by atoms with Gasteiger partial charge < -0.3 is 9.30 Å². The van der Waals surface area contributed by atoms with Crippen LogP contribution in [0, 0.1) is 0 Å². The van der Waals surface area contributed by atoms with E-state index in [2.05, 4.69) is 27.5 Å². The van der Waals surface area contributed by atoms with Gasteiger partial charge in [-0.2, -0.15) is 0 Å². The van der Waals surface area contributed by atoms with Crippen molar-refractivity contribution in [1.29, 1.82) is 0 Å². The lowest BCUT2D eigenvalue weighted by Gasteiger charge is -2.15. The molecular formula is C26H28N8O3. The summed E-state index contributed by atoms with van der Waals surface area (Å²) in [6.45, 7) is 4.26. The second-order valence-electron chi connectivity index (χ2n) is 8.88. The molecule has 0 spiro atoms. The number of hydrogen-bond acceptors (Lipinski definition) is 7. The highest BCUT2D eigenvalue weighted by Gasteiger charge is 2.23. The van der Waals surface area contributed by atoms with Crippen LogP contribution >= 0.6 is 0 Å². The van der Waals surface area contributed by atoms with Crippen LogP contribution in [0.2, 0.25) is 0 Å². The van der Waals surface area contributed by atoms with E-state index >= 15 is 0 Å². The van der Waals surface area contributed by atoms with E-state index in [0.29, 0.717) is 30.0 Å². The van der Waals surface area contributed by atoms with E-state index in [-0.39, 0.29) is 5.56 Å². The second-order valence-corrected chi connectivity index (χ2v) is 8.88. The van der Waals surface area contributed by atoms with Crippen LogP contribution in [0.5, 0.6) is 0 Å². The van der Waals surface area contributed by atoms with E-state index in [1.807, 2.05) is 53.1 Å². The number of fused-ring (bicyclic) bond motifs is 1. The summed E-state index contributed by atoms with van der Waals surface area (Å²) in [6, 6.07) is 16.1. The average molecular weight is 501 g/mol. The Hall–Kier alpha value is -4.38. The molecule has 190 valence electrons. The lowest BCUT2D eigenvalue weighted by atomic mass is 9.98. The molecule has 3 aromatic heterocycles. The monoisotopic (exact) mass is 500 g/mol. The fraction of sp³-hybridized carbons (Fsp3) is 0.308. The van der Waals surface area contributed by atoms with E-state index in [1.54, 1.807) is 6.92 Å². The second kappa shape index (κ2) is 9.94. The normalized spacial score (nSPS) is 12.3. The molecule has 0 aliphatic rings. The maximum absolute atomic E-state index is 13.3. The highest BCUT2D eigenvalue weighted by Crippen LogP contribution is 2.30. The van der Waals surface area contributed by atoms with Gasteiger partial charge in [-0.15, -0.1) is 5.10 Å². The molecular weight excluding hydrogens is 472 g/mol. The Morgan fingerprint density at radius 3 is 2.43 bits per heavy atom. The van der Waals surface area contributed by atoms with Crippen LogP contribution in [0.1, 0.15) is 37.9 Å². The first-order chi connectivity index (χ1) is 17.9. The van der Waals surface area contributed by atoms with E-state index in [4.69, 9.17) is 9.72 Å². The number of nitrogens with one attached hydrogen (secondary N) is 1. The number of methoxy groups -OCH3 is 1. The molecule has 0 saturated carbocycles. The smallest absolute Gasteiger partial charge is 0.334 e. The summed E-state index contributed by atoms with van der Waals surface area (Å²) in [7, 11) is 3.01. The van der Waals surface area contributed by atoms with Gasteiger partial charge in [0.1, 0.15) is 12.1 Å². The third-order valence-electron chi connectivity index (χ3n) is 6.57. The SMILES string of the molecule is CCCc1nc2c(c(=O)n(C)c(=O)n2C(C)OC)n1Cc1ccc(-c2ccccc2-c2nnn[nH]2)cc1. The van der Waals surface area contributed by atoms with Crippen molar-refractivity contribution in [2.45, 2.75) is 39.5 Å². The lowest BCUT2D eigenvalue weighted by molar-refractivity contribution is 0.0588. The zero-order valence-electron chi connectivity index (χ0n) is 21.2. The highest BCUT2D eigenvalue weighted by molar-refractivity contribution is 5.80. The zero-order valence-corrected chi connectivity index (χ0v) is 21.2. The summed E-state index contributed by atoms with van der Waals surface area (Å²) in [5.74, 6) is 1.35. The molecule has 0 amide bonds. The molecule has 1 unspecified atom stereocenters. The molecule has 0 radical (unpaired) electrons. The number of rotatable bonds is 8. The third-order valence-corrected chi connectivity index (χ3v) is 6.57. The van der Waals surface area contributed by atoms with Crippen LogP contribution in [0.25, 0.3) is 33.7 Å². The van der Waals surface area contributed by atoms with Gasteiger partial charge in [0.15, 0.2) is 17.0 Å². The number of H-pyrrole nitrogens is 1. The van der Waals surface area contributed by atoms with Crippen molar-refractivity contribution in [2.75, 3.05) is 7.11 Å². The molecule has 0 aliphatic heterocycles. The topological polar surface area (TPSA) is 126 Å². The summed E-state index contributed by atoms with van der Waals surface area (Å²) in [6.07, 6.45) is 0.947.